The van der Waals surface area contributed by atoms with Crippen molar-refractivity contribution in [3.8, 4) is 66.8 Å². The largest absolute Gasteiger partial charge is 0.310 e. The molecule has 0 aromatic heterocycles. The molecule has 22 rings (SSSR count). The second-order valence-corrected chi connectivity index (χ2v) is 37.9. The van der Waals surface area contributed by atoms with Crippen molar-refractivity contribution in [2.75, 3.05) is 9.80 Å². The average molecular weight is 1740 g/mol. The molecule has 4 heteroatoms. The predicted octanol–water partition coefficient (Wildman–Crippen LogP) is 35.6. The van der Waals surface area contributed by atoms with Crippen LogP contribution < -0.4 is 9.80 Å². The summed E-state index contributed by atoms with van der Waals surface area (Å²) in [5.74, 6) is 0.772. The summed E-state index contributed by atoms with van der Waals surface area (Å²) in [4.78, 5) is 5.05. The first-order valence-corrected chi connectivity index (χ1v) is 46.0. The summed E-state index contributed by atoms with van der Waals surface area (Å²) in [5, 5.41) is 16.5. The Balaban J connectivity index is 0.000000156. The molecule has 0 amide bonds. The summed E-state index contributed by atoms with van der Waals surface area (Å²) in [5.41, 5.74) is 33.1. The maximum atomic E-state index is 3.90. The van der Waals surface area contributed by atoms with Crippen LogP contribution in [0.2, 0.25) is 0 Å². The topological polar surface area (TPSA) is 6.48 Å². The van der Waals surface area contributed by atoms with Crippen LogP contribution in [0.3, 0.4) is 0 Å². The van der Waals surface area contributed by atoms with Gasteiger partial charge in [-0.15, -0.1) is 0 Å². The van der Waals surface area contributed by atoms with Gasteiger partial charge in [-0.25, -0.2) is 0 Å². The summed E-state index contributed by atoms with van der Waals surface area (Å²) in [6.45, 7) is 19.0. The van der Waals surface area contributed by atoms with E-state index in [1.807, 2.05) is 0 Å². The van der Waals surface area contributed by atoms with Crippen LogP contribution in [0.15, 0.2) is 397 Å². The third-order valence-electron chi connectivity index (χ3n) is 26.8. The van der Waals surface area contributed by atoms with Crippen LogP contribution in [0.4, 0.5) is 34.1 Å². The van der Waals surface area contributed by atoms with Gasteiger partial charge in [-0.1, -0.05) is 391 Å². The van der Waals surface area contributed by atoms with E-state index >= 15 is 0 Å². The molecule has 0 heterocycles. The number of rotatable bonds is 16. The van der Waals surface area contributed by atoms with Crippen LogP contribution in [-0.2, 0) is 30.1 Å². The van der Waals surface area contributed by atoms with Gasteiger partial charge in [0.15, 0.2) is 0 Å². The third kappa shape index (κ3) is 15.4. The van der Waals surface area contributed by atoms with Crippen molar-refractivity contribution in [3.05, 3.63) is 442 Å². The molecule has 125 heavy (non-hydrogen) atoms. The molecule has 0 fully saturated rings. The van der Waals surface area contributed by atoms with E-state index in [-0.39, 0.29) is 16.7 Å². The molecule has 2 aliphatic carbocycles. The highest BCUT2D eigenvalue weighted by atomic mass is 79.9. The standard InChI is InChI=1S/C72H58N2.C25H20.C24H22Br2/c1-48(2)64-47-68(74(60-37-29-55(30-38-60)51-21-13-7-14-22-51)61-39-31-56(32-40-61)52-23-15-8-16-24-52)65-46-66-69-57(43-44-72(66,3)4)45-67(63-42-41-62(64)70(65)71(63)69)73(58-33-25-53(26-34-58)49-17-9-5-10-18-49)59-35-27-54(28-36-59)50-19-11-6-12-20-50;1-3-7-22(8-4-1)24-15-11-20(12-16-24)19-21-13-17-25(18-14-21)23-9-5-2-6-10-23;1-12(2)16-11-20(26)17-10-18-21-13(7-8-24(18,3)4)9-19(25)15-6-5-14(16)22(17)23(15)21/h5-42,45-48H,43-44H2,1-4H3;1-18H,19H2;5-6,9-12H,7-8H2,1-4H3. The first kappa shape index (κ1) is 80.4. The van der Waals surface area contributed by atoms with E-state index in [9.17, 15) is 0 Å². The molecule has 0 aliphatic heterocycles. The van der Waals surface area contributed by atoms with Gasteiger partial charge in [0, 0.05) is 47.9 Å². The molecule has 2 nitrogen and oxygen atoms in total. The van der Waals surface area contributed by atoms with Gasteiger partial charge in [0.05, 0.1) is 11.4 Å². The predicted molar refractivity (Wildman–Crippen MR) is 544 cm³/mol. The summed E-state index contributed by atoms with van der Waals surface area (Å²) in [7, 11) is 0. The lowest BCUT2D eigenvalue weighted by molar-refractivity contribution is 0.475. The average Bonchev–Trinajstić information content (AvgIpc) is 0.713. The van der Waals surface area contributed by atoms with E-state index < -0.39 is 0 Å². The van der Waals surface area contributed by atoms with E-state index in [0.29, 0.717) is 5.92 Å². The lowest BCUT2D eigenvalue weighted by Gasteiger charge is -2.37. The minimum Gasteiger partial charge on any atom is -0.310 e. The van der Waals surface area contributed by atoms with E-state index in [1.54, 1.807) is 0 Å². The van der Waals surface area contributed by atoms with Crippen LogP contribution in [0.25, 0.3) is 131 Å². The Hall–Kier alpha value is -13.0. The van der Waals surface area contributed by atoms with Gasteiger partial charge in [-0.05, 0) is 299 Å². The normalized spacial score (nSPS) is 13.2. The van der Waals surface area contributed by atoms with Gasteiger partial charge in [0.2, 0.25) is 0 Å². The number of aryl methyl sites for hydroxylation is 2. The van der Waals surface area contributed by atoms with Gasteiger partial charge in [0.25, 0.3) is 0 Å². The number of nitrogens with zero attached hydrogens (tertiary/aromatic N) is 2. The van der Waals surface area contributed by atoms with Crippen molar-refractivity contribution in [2.24, 2.45) is 0 Å². The third-order valence-corrected chi connectivity index (χ3v) is 28.1. The van der Waals surface area contributed by atoms with Gasteiger partial charge in [-0.3, -0.25) is 0 Å². The van der Waals surface area contributed by atoms with Crippen molar-refractivity contribution in [1.82, 2.24) is 0 Å². The zero-order valence-corrected chi connectivity index (χ0v) is 75.5. The van der Waals surface area contributed by atoms with Crippen molar-refractivity contribution < 1.29 is 0 Å². The minimum absolute atomic E-state index is 0.0466. The lowest BCUT2D eigenvalue weighted by Crippen LogP contribution is -2.24. The molecule has 0 unspecified atom stereocenters. The number of anilines is 6. The van der Waals surface area contributed by atoms with Gasteiger partial charge >= 0.3 is 0 Å². The Kier molecular flexibility index (Phi) is 21.6. The molecule has 20 aromatic rings. The number of halogens is 2. The van der Waals surface area contributed by atoms with Crippen LogP contribution >= 0.6 is 31.9 Å². The quantitative estimate of drug-likeness (QED) is 0.0890. The molecule has 2 aliphatic rings. The van der Waals surface area contributed by atoms with Crippen molar-refractivity contribution in [3.63, 3.8) is 0 Å². The fourth-order valence-corrected chi connectivity index (χ4v) is 21.1. The second kappa shape index (κ2) is 33.6. The fourth-order valence-electron chi connectivity index (χ4n) is 20.0. The Labute approximate surface area is 753 Å². The molecule has 0 bridgehead atoms. The summed E-state index contributed by atoms with van der Waals surface area (Å²) >= 11 is 7.77. The first-order chi connectivity index (χ1) is 60.9. The van der Waals surface area contributed by atoms with Gasteiger partial charge < -0.3 is 9.80 Å². The number of hydrogen-bond donors (Lipinski definition) is 0. The molecular formula is C121H100Br2N2. The molecule has 0 atom stereocenters. The molecular weight excluding hydrogens is 1640 g/mol. The number of benzene rings is 20. The highest BCUT2D eigenvalue weighted by Crippen LogP contribution is 2.57. The SMILES string of the molecule is CC(C)c1cc(Br)c2cc3c4c(cc(Br)c5ccc1c2c54)CCC3(C)C.CC(C)c1cc(N(c2ccc(-c3ccccc3)cc2)c2ccc(-c3ccccc3)cc2)c2cc3c4c(cc(N(c5ccc(-c6ccccc6)cc5)c5ccc(-c6ccccc6)cc5)c5ccc1c2c54)CCC3(C)C.c1ccc(-c2ccc(Cc3ccc(-c4ccccc4)cc3)cc2)cc1. The Morgan fingerprint density at radius 1 is 0.248 bits per heavy atom. The molecule has 0 radical (unpaired) electrons. The van der Waals surface area contributed by atoms with Crippen LogP contribution in [0, 0.1) is 0 Å². The number of hydrogen-bond acceptors (Lipinski definition) is 2. The highest BCUT2D eigenvalue weighted by molar-refractivity contribution is 9.11. The van der Waals surface area contributed by atoms with E-state index in [2.05, 4.69) is 485 Å². The maximum absolute atomic E-state index is 3.90. The van der Waals surface area contributed by atoms with Gasteiger partial charge in [0.1, 0.15) is 0 Å². The monoisotopic (exact) mass is 1740 g/mol. The van der Waals surface area contributed by atoms with Gasteiger partial charge in [-0.2, -0.15) is 0 Å². The molecule has 0 saturated heterocycles. The van der Waals surface area contributed by atoms with Crippen LogP contribution in [-0.4, -0.2) is 0 Å². The highest BCUT2D eigenvalue weighted by Gasteiger charge is 2.36. The molecule has 0 saturated carbocycles. The smallest absolute Gasteiger partial charge is 0.0543 e. The van der Waals surface area contributed by atoms with Crippen molar-refractivity contribution in [1.29, 1.82) is 0 Å². The first-order valence-electron chi connectivity index (χ1n) is 44.4. The van der Waals surface area contributed by atoms with Crippen LogP contribution in [0.1, 0.15) is 125 Å². The fraction of sp³-hybridized carbons (Fsp3) is 0.140. The van der Waals surface area contributed by atoms with E-state index in [4.69, 9.17) is 0 Å². The maximum Gasteiger partial charge on any atom is 0.0543 e. The minimum atomic E-state index is -0.0466. The zero-order valence-electron chi connectivity index (χ0n) is 72.3. The molecule has 608 valence electrons. The summed E-state index contributed by atoms with van der Waals surface area (Å²) in [6.07, 6.45) is 5.39. The Morgan fingerprint density at radius 3 is 0.872 bits per heavy atom. The lowest BCUT2D eigenvalue weighted by atomic mass is 9.70. The van der Waals surface area contributed by atoms with Crippen molar-refractivity contribution in [2.45, 2.75) is 110 Å². The van der Waals surface area contributed by atoms with Crippen molar-refractivity contribution >= 4 is 131 Å². The Bertz CT molecular complexity index is 7030. The molecule has 20 aromatic carbocycles. The second-order valence-electron chi connectivity index (χ2n) is 36.2. The molecule has 0 spiro atoms. The summed E-state index contributed by atoms with van der Waals surface area (Å²) < 4.78 is 2.45. The zero-order chi connectivity index (χ0) is 85.2. The summed E-state index contributed by atoms with van der Waals surface area (Å²) in [6, 6.07) is 143. The molecule has 0 N–H and O–H groups in total. The van der Waals surface area contributed by atoms with Crippen LogP contribution in [0.5, 0.6) is 0 Å². The Morgan fingerprint density at radius 2 is 0.520 bits per heavy atom. The van der Waals surface area contributed by atoms with E-state index in [1.165, 1.54) is 203 Å². The van der Waals surface area contributed by atoms with E-state index in [0.717, 1.165) is 48.4 Å².